The highest BCUT2D eigenvalue weighted by molar-refractivity contribution is 7.99. The molecular weight excluding hydrogens is 424 g/mol. The van der Waals surface area contributed by atoms with Gasteiger partial charge >= 0.3 is 0 Å². The highest BCUT2D eigenvalue weighted by Crippen LogP contribution is 2.42. The molecule has 33 heavy (non-hydrogen) atoms. The Labute approximate surface area is 203 Å². The zero-order valence-electron chi connectivity index (χ0n) is 20.9. The summed E-state index contributed by atoms with van der Waals surface area (Å²) in [6.07, 6.45) is 3.12. The first-order chi connectivity index (χ1) is 15.8. The summed E-state index contributed by atoms with van der Waals surface area (Å²) in [6, 6.07) is 9.24. The Morgan fingerprint density at radius 2 is 1.82 bits per heavy atom. The van der Waals surface area contributed by atoms with Gasteiger partial charge in [0, 0.05) is 54.8 Å². The molecule has 1 N–H and O–H groups in total. The summed E-state index contributed by atoms with van der Waals surface area (Å²) >= 11 is 1.91. The van der Waals surface area contributed by atoms with Crippen LogP contribution >= 0.6 is 11.8 Å². The van der Waals surface area contributed by atoms with Gasteiger partial charge in [-0.1, -0.05) is 37.4 Å². The van der Waals surface area contributed by atoms with E-state index in [0.29, 0.717) is 0 Å². The number of anilines is 1. The van der Waals surface area contributed by atoms with E-state index in [1.165, 1.54) is 43.3 Å². The van der Waals surface area contributed by atoms with E-state index in [2.05, 4.69) is 79.5 Å². The van der Waals surface area contributed by atoms with Crippen LogP contribution in [0.15, 0.2) is 46.8 Å². The van der Waals surface area contributed by atoms with E-state index in [9.17, 15) is 0 Å². The molecule has 4 nitrogen and oxygen atoms in total. The standard InChI is InChI=1S/C28H36N4S/c1-8-23-16-27(26(15-19(23)3)32-13-11-29-12-14-32)33-28-18(2)9-10-24(21(28)5)20(4)25-17-31(7)22(6)30-25/h9-10,15-17,29H,4,8,11-14H2,1-3,5-7H3. The Balaban J connectivity index is 1.76. The molecule has 0 unspecified atom stereocenters. The molecule has 4 rings (SSSR count). The summed E-state index contributed by atoms with van der Waals surface area (Å²) < 4.78 is 2.05. The van der Waals surface area contributed by atoms with Gasteiger partial charge in [0.1, 0.15) is 5.82 Å². The monoisotopic (exact) mass is 460 g/mol. The second kappa shape index (κ2) is 9.78. The number of nitrogens with one attached hydrogen (secondary N) is 1. The molecule has 1 aliphatic heterocycles. The minimum absolute atomic E-state index is 0.947. The van der Waals surface area contributed by atoms with E-state index in [1.807, 2.05) is 25.7 Å². The Morgan fingerprint density at radius 1 is 1.09 bits per heavy atom. The molecule has 0 aliphatic carbocycles. The number of aryl methyl sites for hydroxylation is 5. The molecular formula is C28H36N4S. The van der Waals surface area contributed by atoms with Crippen molar-refractivity contribution in [1.82, 2.24) is 14.9 Å². The number of benzene rings is 2. The average Bonchev–Trinajstić information content (AvgIpc) is 3.15. The normalized spacial score (nSPS) is 14.1. The summed E-state index contributed by atoms with van der Waals surface area (Å²) in [5.74, 6) is 0.998. The molecule has 0 bridgehead atoms. The van der Waals surface area contributed by atoms with Crippen LogP contribution < -0.4 is 10.2 Å². The minimum Gasteiger partial charge on any atom is -0.368 e. The van der Waals surface area contributed by atoms with Crippen molar-refractivity contribution in [2.24, 2.45) is 7.05 Å². The van der Waals surface area contributed by atoms with Gasteiger partial charge < -0.3 is 14.8 Å². The van der Waals surface area contributed by atoms with E-state index in [4.69, 9.17) is 4.98 Å². The van der Waals surface area contributed by atoms with Crippen molar-refractivity contribution in [2.45, 2.75) is 50.8 Å². The van der Waals surface area contributed by atoms with Crippen LogP contribution in [0.25, 0.3) is 5.57 Å². The predicted octanol–water partition coefficient (Wildman–Crippen LogP) is 5.84. The maximum Gasteiger partial charge on any atom is 0.105 e. The Bertz CT molecular complexity index is 1170. The number of imidazole rings is 1. The molecule has 0 radical (unpaired) electrons. The van der Waals surface area contributed by atoms with Crippen LogP contribution in [0.5, 0.6) is 0 Å². The zero-order valence-corrected chi connectivity index (χ0v) is 21.7. The van der Waals surface area contributed by atoms with Gasteiger partial charge in [0.05, 0.1) is 11.4 Å². The fraction of sp³-hybridized carbons (Fsp3) is 0.393. The van der Waals surface area contributed by atoms with Gasteiger partial charge in [-0.3, -0.25) is 0 Å². The lowest BCUT2D eigenvalue weighted by Crippen LogP contribution is -2.43. The summed E-state index contributed by atoms with van der Waals surface area (Å²) in [4.78, 5) is 9.92. The van der Waals surface area contributed by atoms with E-state index >= 15 is 0 Å². The number of hydrogen-bond donors (Lipinski definition) is 1. The van der Waals surface area contributed by atoms with Gasteiger partial charge in [0.2, 0.25) is 0 Å². The molecule has 5 heteroatoms. The molecule has 1 fully saturated rings. The van der Waals surface area contributed by atoms with Crippen LogP contribution in [0.4, 0.5) is 5.69 Å². The van der Waals surface area contributed by atoms with Gasteiger partial charge in [-0.05, 0) is 74.1 Å². The first-order valence-corrected chi connectivity index (χ1v) is 12.7. The first kappa shape index (κ1) is 23.7. The molecule has 0 spiro atoms. The third-order valence-corrected chi connectivity index (χ3v) is 8.19. The fourth-order valence-corrected chi connectivity index (χ4v) is 5.80. The largest absolute Gasteiger partial charge is 0.368 e. The Kier molecular flexibility index (Phi) is 7.01. The third kappa shape index (κ3) is 4.75. The van der Waals surface area contributed by atoms with Gasteiger partial charge in [-0.15, -0.1) is 0 Å². The maximum atomic E-state index is 4.72. The summed E-state index contributed by atoms with van der Waals surface area (Å²) in [7, 11) is 2.03. The van der Waals surface area contributed by atoms with Crippen molar-refractivity contribution in [3.8, 4) is 0 Å². The molecule has 0 saturated carbocycles. The number of nitrogens with zero attached hydrogens (tertiary/aromatic N) is 3. The van der Waals surface area contributed by atoms with E-state index in [-0.39, 0.29) is 0 Å². The van der Waals surface area contributed by atoms with Gasteiger partial charge in [-0.2, -0.15) is 0 Å². The van der Waals surface area contributed by atoms with Crippen LogP contribution in [-0.2, 0) is 13.5 Å². The molecule has 1 aliphatic rings. The molecule has 0 atom stereocenters. The van der Waals surface area contributed by atoms with Crippen molar-refractivity contribution < 1.29 is 0 Å². The van der Waals surface area contributed by atoms with Gasteiger partial charge in [0.15, 0.2) is 0 Å². The SMILES string of the molecule is C=C(c1cn(C)c(C)n1)c1ccc(C)c(Sc2cc(CC)c(C)cc2N2CCNCC2)c1C. The second-order valence-electron chi connectivity index (χ2n) is 9.09. The van der Waals surface area contributed by atoms with Crippen LogP contribution in [-0.4, -0.2) is 35.7 Å². The highest BCUT2D eigenvalue weighted by atomic mass is 32.2. The lowest BCUT2D eigenvalue weighted by molar-refractivity contribution is 0.586. The number of hydrogen-bond acceptors (Lipinski definition) is 4. The van der Waals surface area contributed by atoms with Crippen molar-refractivity contribution in [3.63, 3.8) is 0 Å². The highest BCUT2D eigenvalue weighted by Gasteiger charge is 2.20. The van der Waals surface area contributed by atoms with Crippen molar-refractivity contribution in [1.29, 1.82) is 0 Å². The van der Waals surface area contributed by atoms with Crippen molar-refractivity contribution >= 4 is 23.0 Å². The van der Waals surface area contributed by atoms with Gasteiger partial charge in [0.25, 0.3) is 0 Å². The molecule has 1 saturated heterocycles. The molecule has 1 aromatic heterocycles. The summed E-state index contributed by atoms with van der Waals surface area (Å²) in [5, 5.41) is 3.48. The predicted molar refractivity (Wildman–Crippen MR) is 142 cm³/mol. The third-order valence-electron chi connectivity index (χ3n) is 6.81. The number of aromatic nitrogens is 2. The Morgan fingerprint density at radius 3 is 2.45 bits per heavy atom. The molecule has 2 aromatic carbocycles. The molecule has 2 heterocycles. The summed E-state index contributed by atoms with van der Waals surface area (Å²) in [6.45, 7) is 19.6. The minimum atomic E-state index is 0.947. The van der Waals surface area contributed by atoms with E-state index in [0.717, 1.165) is 49.7 Å². The average molecular weight is 461 g/mol. The topological polar surface area (TPSA) is 33.1 Å². The van der Waals surface area contributed by atoms with Crippen LogP contribution in [0.2, 0.25) is 0 Å². The quantitative estimate of drug-likeness (QED) is 0.501. The molecule has 174 valence electrons. The van der Waals surface area contributed by atoms with Crippen LogP contribution in [0.1, 0.15) is 46.3 Å². The van der Waals surface area contributed by atoms with Crippen molar-refractivity contribution in [3.05, 3.63) is 76.4 Å². The van der Waals surface area contributed by atoms with Crippen LogP contribution in [0, 0.1) is 27.7 Å². The van der Waals surface area contributed by atoms with Gasteiger partial charge in [-0.25, -0.2) is 4.98 Å². The second-order valence-corrected chi connectivity index (χ2v) is 10.1. The van der Waals surface area contributed by atoms with E-state index in [1.54, 1.807) is 0 Å². The molecule has 0 amide bonds. The number of piperazine rings is 1. The Hall–Kier alpha value is -2.50. The lowest BCUT2D eigenvalue weighted by Gasteiger charge is -2.32. The van der Waals surface area contributed by atoms with E-state index < -0.39 is 0 Å². The molecule has 3 aromatic rings. The summed E-state index contributed by atoms with van der Waals surface area (Å²) in [5.41, 5.74) is 9.86. The smallest absolute Gasteiger partial charge is 0.105 e. The van der Waals surface area contributed by atoms with Crippen LogP contribution in [0.3, 0.4) is 0 Å². The lowest BCUT2D eigenvalue weighted by atomic mass is 9.98. The first-order valence-electron chi connectivity index (χ1n) is 11.9. The number of rotatable bonds is 6. The zero-order chi connectivity index (χ0) is 23.7. The fourth-order valence-electron chi connectivity index (χ4n) is 4.59. The van der Waals surface area contributed by atoms with Crippen molar-refractivity contribution in [2.75, 3.05) is 31.1 Å². The maximum absolute atomic E-state index is 4.72.